The summed E-state index contributed by atoms with van der Waals surface area (Å²) >= 11 is 0. The number of hydrogen-bond acceptors (Lipinski definition) is 4. The maximum atomic E-state index is 12.4. The van der Waals surface area contributed by atoms with Crippen molar-refractivity contribution in [2.75, 3.05) is 18.6 Å². The quantitative estimate of drug-likeness (QED) is 0.858. The minimum Gasteiger partial charge on any atom is -0.496 e. The van der Waals surface area contributed by atoms with Crippen LogP contribution >= 0.6 is 0 Å². The fourth-order valence-corrected chi connectivity index (χ4v) is 3.54. The van der Waals surface area contributed by atoms with Crippen molar-refractivity contribution in [3.8, 4) is 5.75 Å². The van der Waals surface area contributed by atoms with Gasteiger partial charge in [0, 0.05) is 30.9 Å². The van der Waals surface area contributed by atoms with Crippen LogP contribution in [-0.4, -0.2) is 30.6 Å². The third-order valence-corrected chi connectivity index (χ3v) is 5.03. The summed E-state index contributed by atoms with van der Waals surface area (Å²) < 4.78 is 5.32. The molecule has 0 spiro atoms. The van der Waals surface area contributed by atoms with Gasteiger partial charge in [-0.15, -0.1) is 0 Å². The highest BCUT2D eigenvalue weighted by molar-refractivity contribution is 5.94. The smallest absolute Gasteiger partial charge is 0.253 e. The Balaban J connectivity index is 1.63. The van der Waals surface area contributed by atoms with Crippen molar-refractivity contribution in [2.45, 2.75) is 45.2 Å². The number of rotatable bonds is 6. The zero-order valence-electron chi connectivity index (χ0n) is 15.6. The fraction of sp³-hybridized carbons (Fsp3) is 0.429. The van der Waals surface area contributed by atoms with E-state index in [0.29, 0.717) is 18.2 Å². The van der Waals surface area contributed by atoms with Crippen LogP contribution in [-0.2, 0) is 6.54 Å². The molecule has 0 saturated carbocycles. The van der Waals surface area contributed by atoms with Gasteiger partial charge in [-0.05, 0) is 43.9 Å². The largest absolute Gasteiger partial charge is 0.496 e. The van der Waals surface area contributed by atoms with Gasteiger partial charge in [0.15, 0.2) is 0 Å². The summed E-state index contributed by atoms with van der Waals surface area (Å²) in [6.45, 7) is 3.70. The van der Waals surface area contributed by atoms with E-state index in [0.717, 1.165) is 30.1 Å². The number of ether oxygens (including phenoxy) is 1. The molecular formula is C21H27N3O2. The molecule has 2 aromatic rings. The second-order valence-electron chi connectivity index (χ2n) is 6.65. The van der Waals surface area contributed by atoms with Crippen molar-refractivity contribution in [2.24, 2.45) is 0 Å². The van der Waals surface area contributed by atoms with Gasteiger partial charge in [0.2, 0.25) is 0 Å². The molecule has 5 heteroatoms. The molecule has 1 aliphatic heterocycles. The lowest BCUT2D eigenvalue weighted by atomic mass is 10.00. The summed E-state index contributed by atoms with van der Waals surface area (Å²) in [5.41, 5.74) is 1.53. The van der Waals surface area contributed by atoms with Gasteiger partial charge in [-0.1, -0.05) is 25.1 Å². The molecule has 1 aromatic heterocycles. The zero-order valence-corrected chi connectivity index (χ0v) is 15.6. The Hall–Kier alpha value is -2.56. The number of carbonyl (C=O) groups excluding carboxylic acids is 1. The van der Waals surface area contributed by atoms with E-state index < -0.39 is 0 Å². The van der Waals surface area contributed by atoms with Crippen LogP contribution in [0.25, 0.3) is 0 Å². The fourth-order valence-electron chi connectivity index (χ4n) is 3.54. The molecule has 1 fully saturated rings. The Morgan fingerprint density at radius 3 is 2.85 bits per heavy atom. The predicted molar refractivity (Wildman–Crippen MR) is 104 cm³/mol. The summed E-state index contributed by atoms with van der Waals surface area (Å²) in [7, 11) is 1.63. The molecule has 0 aliphatic carbocycles. The van der Waals surface area contributed by atoms with Crippen molar-refractivity contribution >= 4 is 11.7 Å². The second-order valence-corrected chi connectivity index (χ2v) is 6.65. The number of para-hydroxylation sites is 1. The molecule has 26 heavy (non-hydrogen) atoms. The molecule has 5 nitrogen and oxygen atoms in total. The number of benzene rings is 1. The first kappa shape index (κ1) is 18.2. The van der Waals surface area contributed by atoms with Gasteiger partial charge in [-0.25, -0.2) is 4.98 Å². The third kappa shape index (κ3) is 4.15. The van der Waals surface area contributed by atoms with Crippen molar-refractivity contribution in [1.29, 1.82) is 0 Å². The molecule has 2 heterocycles. The van der Waals surface area contributed by atoms with Crippen molar-refractivity contribution < 1.29 is 9.53 Å². The summed E-state index contributed by atoms with van der Waals surface area (Å²) in [4.78, 5) is 19.3. The lowest BCUT2D eigenvalue weighted by Gasteiger charge is -2.36. The third-order valence-electron chi connectivity index (χ3n) is 5.03. The average molecular weight is 353 g/mol. The predicted octanol–water partition coefficient (Wildman–Crippen LogP) is 3.79. The van der Waals surface area contributed by atoms with E-state index in [4.69, 9.17) is 4.74 Å². The van der Waals surface area contributed by atoms with E-state index in [2.05, 4.69) is 22.1 Å². The first-order chi connectivity index (χ1) is 12.7. The molecule has 1 N–H and O–H groups in total. The molecule has 1 aliphatic rings. The van der Waals surface area contributed by atoms with Crippen LogP contribution in [0, 0.1) is 0 Å². The van der Waals surface area contributed by atoms with E-state index in [1.54, 1.807) is 13.3 Å². The maximum Gasteiger partial charge on any atom is 0.253 e. The van der Waals surface area contributed by atoms with Crippen LogP contribution in [0.15, 0.2) is 42.6 Å². The molecule has 1 atom stereocenters. The highest BCUT2D eigenvalue weighted by atomic mass is 16.5. The van der Waals surface area contributed by atoms with Gasteiger partial charge in [0.1, 0.15) is 11.6 Å². The zero-order chi connectivity index (χ0) is 18.4. The molecular weight excluding hydrogens is 326 g/mol. The number of amides is 1. The summed E-state index contributed by atoms with van der Waals surface area (Å²) in [5.74, 6) is 1.62. The van der Waals surface area contributed by atoms with Gasteiger partial charge in [0.25, 0.3) is 5.91 Å². The minimum atomic E-state index is -0.124. The summed E-state index contributed by atoms with van der Waals surface area (Å²) in [5, 5.41) is 2.94. The van der Waals surface area contributed by atoms with Gasteiger partial charge in [-0.2, -0.15) is 0 Å². The van der Waals surface area contributed by atoms with Crippen LogP contribution in [0.4, 0.5) is 5.82 Å². The molecule has 0 radical (unpaired) electrons. The van der Waals surface area contributed by atoms with Crippen LogP contribution in [0.5, 0.6) is 5.75 Å². The van der Waals surface area contributed by atoms with E-state index in [1.807, 2.05) is 36.4 Å². The Labute approximate surface area is 155 Å². The molecule has 1 aromatic carbocycles. The number of anilines is 1. The number of carbonyl (C=O) groups is 1. The lowest BCUT2D eigenvalue weighted by Crippen LogP contribution is -2.39. The molecule has 138 valence electrons. The second kappa shape index (κ2) is 8.70. The number of aromatic nitrogens is 1. The summed E-state index contributed by atoms with van der Waals surface area (Å²) in [6, 6.07) is 12.1. The normalized spacial score (nSPS) is 17.0. The molecule has 3 rings (SSSR count). The maximum absolute atomic E-state index is 12.4. The number of pyridine rings is 1. The van der Waals surface area contributed by atoms with E-state index in [9.17, 15) is 4.79 Å². The Bertz CT molecular complexity index is 730. The summed E-state index contributed by atoms with van der Waals surface area (Å²) in [6.07, 6.45) is 6.52. The van der Waals surface area contributed by atoms with Crippen LogP contribution in [0.1, 0.15) is 48.5 Å². The Kier molecular flexibility index (Phi) is 6.10. The van der Waals surface area contributed by atoms with Crippen LogP contribution < -0.4 is 15.0 Å². The molecule has 0 bridgehead atoms. The number of piperidine rings is 1. The highest BCUT2D eigenvalue weighted by Crippen LogP contribution is 2.25. The Morgan fingerprint density at radius 1 is 1.27 bits per heavy atom. The number of hydrogen-bond donors (Lipinski definition) is 1. The van der Waals surface area contributed by atoms with Crippen molar-refractivity contribution in [3.63, 3.8) is 0 Å². The van der Waals surface area contributed by atoms with E-state index >= 15 is 0 Å². The van der Waals surface area contributed by atoms with Crippen molar-refractivity contribution in [3.05, 3.63) is 53.7 Å². The standard InChI is InChI=1S/C21H27N3O2/c1-3-18-9-6-7-13-24(18)20-12-11-17(15-22-20)21(25)23-14-16-8-4-5-10-19(16)26-2/h4-5,8,10-12,15,18H,3,6-7,9,13-14H2,1-2H3,(H,23,25). The first-order valence-corrected chi connectivity index (χ1v) is 9.35. The van der Waals surface area contributed by atoms with Gasteiger partial charge < -0.3 is 15.0 Å². The molecule has 1 unspecified atom stereocenters. The van der Waals surface area contributed by atoms with Crippen LogP contribution in [0.2, 0.25) is 0 Å². The highest BCUT2D eigenvalue weighted by Gasteiger charge is 2.22. The van der Waals surface area contributed by atoms with E-state index in [-0.39, 0.29) is 5.91 Å². The van der Waals surface area contributed by atoms with Gasteiger partial charge in [-0.3, -0.25) is 4.79 Å². The van der Waals surface area contributed by atoms with Gasteiger partial charge in [0.05, 0.1) is 12.7 Å². The first-order valence-electron chi connectivity index (χ1n) is 9.35. The van der Waals surface area contributed by atoms with E-state index in [1.165, 1.54) is 19.3 Å². The van der Waals surface area contributed by atoms with Crippen molar-refractivity contribution in [1.82, 2.24) is 10.3 Å². The van der Waals surface area contributed by atoms with Gasteiger partial charge >= 0.3 is 0 Å². The molecule has 1 saturated heterocycles. The average Bonchev–Trinajstić information content (AvgIpc) is 2.72. The number of nitrogens with one attached hydrogen (secondary N) is 1. The molecule has 1 amide bonds. The SMILES string of the molecule is CCC1CCCCN1c1ccc(C(=O)NCc2ccccc2OC)cn1. The minimum absolute atomic E-state index is 0.124. The van der Waals surface area contributed by atoms with Crippen LogP contribution in [0.3, 0.4) is 0 Å². The monoisotopic (exact) mass is 353 g/mol. The topological polar surface area (TPSA) is 54.5 Å². The number of nitrogens with zero attached hydrogens (tertiary/aromatic N) is 2. The number of methoxy groups -OCH3 is 1. The lowest BCUT2D eigenvalue weighted by molar-refractivity contribution is 0.0950. The Morgan fingerprint density at radius 2 is 2.12 bits per heavy atom.